The van der Waals surface area contributed by atoms with Gasteiger partial charge in [-0.25, -0.2) is 9.59 Å². The molecule has 0 aliphatic heterocycles. The lowest BCUT2D eigenvalue weighted by atomic mass is 10.1. The quantitative estimate of drug-likeness (QED) is 0.0122. The molecule has 17 heteroatoms. The Bertz CT molecular complexity index is 2950. The fourth-order valence-electron chi connectivity index (χ4n) is 12.3. The van der Waals surface area contributed by atoms with E-state index in [0.29, 0.717) is 59.8 Å². The molecule has 2 unspecified atom stereocenters. The molecule has 0 saturated carbocycles. The van der Waals surface area contributed by atoms with Crippen LogP contribution >= 0.6 is 0 Å². The van der Waals surface area contributed by atoms with Gasteiger partial charge in [0, 0.05) is 0 Å². The molecule has 0 amide bonds. The van der Waals surface area contributed by atoms with Gasteiger partial charge in [0.2, 0.25) is 0 Å². The van der Waals surface area contributed by atoms with E-state index in [2.05, 4.69) is 26.2 Å². The second kappa shape index (κ2) is 44.2. The molecule has 9 nitrogen and oxygen atoms in total. The molecule has 0 aliphatic carbocycles. The Morgan fingerprint density at radius 2 is 0.616 bits per heavy atom. The maximum atomic E-state index is 13.5. The van der Waals surface area contributed by atoms with Crippen molar-refractivity contribution in [3.8, 4) is 45.3 Å². The largest absolute Gasteiger partial charge is 0.494 e. The molecular weight excluding hydrogens is 1300 g/mol. The summed E-state index contributed by atoms with van der Waals surface area (Å²) in [5, 5.41) is 0. The first-order chi connectivity index (χ1) is 47.6. The van der Waals surface area contributed by atoms with Crippen molar-refractivity contribution in [2.24, 2.45) is 0 Å². The molecule has 0 saturated heterocycles. The number of hydrogen-bond acceptors (Lipinski definition) is 9. The number of carbonyl (C=O) groups excluding carboxylic acids is 2. The summed E-state index contributed by atoms with van der Waals surface area (Å²) >= 11 is 0. The van der Waals surface area contributed by atoms with E-state index in [1.165, 1.54) is 102 Å². The third kappa shape index (κ3) is 33.0. The van der Waals surface area contributed by atoms with Crippen molar-refractivity contribution in [1.29, 1.82) is 0 Å². The zero-order chi connectivity index (χ0) is 71.2. The molecule has 0 aliphatic rings. The SMILES string of the molecule is CCCCCCC(OCc1ccc(C(=O)Oc2ccc(-c3ccc(OCCCCCCCCCCC[Si](C)(C)O[Si](C)(C)CCCCCCCCCCCOc4ccc(-c5ccc(OC(=O)c6ccc(COC(CCCCCC)C(F)(F)F)cc6)cc5)cc4)cc3)cc2)cc1)C(F)(F)F. The maximum Gasteiger partial charge on any atom is 0.414 e. The summed E-state index contributed by atoms with van der Waals surface area (Å²) in [5.74, 6) is 1.34. The zero-order valence-electron chi connectivity index (χ0n) is 60.0. The predicted octanol–water partition coefficient (Wildman–Crippen LogP) is 25.2. The van der Waals surface area contributed by atoms with Crippen LogP contribution in [0.3, 0.4) is 0 Å². The molecule has 6 aromatic carbocycles. The van der Waals surface area contributed by atoms with E-state index in [4.69, 9.17) is 32.5 Å². The van der Waals surface area contributed by atoms with Crippen LogP contribution < -0.4 is 18.9 Å². The topological polar surface area (TPSA) is 98.8 Å². The van der Waals surface area contributed by atoms with Gasteiger partial charge in [0.05, 0.1) is 37.6 Å². The number of alkyl halides is 6. The van der Waals surface area contributed by atoms with Crippen molar-refractivity contribution in [3.63, 3.8) is 0 Å². The molecule has 0 N–H and O–H groups in total. The monoisotopic (exact) mass is 1410 g/mol. The first kappa shape index (κ1) is 81.7. The van der Waals surface area contributed by atoms with Crippen LogP contribution in [0.4, 0.5) is 26.3 Å². The predicted molar refractivity (Wildman–Crippen MR) is 393 cm³/mol. The third-order valence-electron chi connectivity index (χ3n) is 18.1. The number of benzene rings is 6. The number of halogens is 6. The van der Waals surface area contributed by atoms with Crippen LogP contribution in [0, 0.1) is 0 Å². The van der Waals surface area contributed by atoms with E-state index in [1.807, 2.05) is 86.6 Å². The maximum absolute atomic E-state index is 13.5. The van der Waals surface area contributed by atoms with Crippen molar-refractivity contribution in [1.82, 2.24) is 0 Å². The van der Waals surface area contributed by atoms with E-state index in [9.17, 15) is 35.9 Å². The van der Waals surface area contributed by atoms with Crippen molar-refractivity contribution in [2.45, 2.75) is 270 Å². The summed E-state index contributed by atoms with van der Waals surface area (Å²) in [6, 6.07) is 45.6. The minimum absolute atomic E-state index is 0.0628. The highest BCUT2D eigenvalue weighted by atomic mass is 28.4. The molecule has 0 heterocycles. The smallest absolute Gasteiger partial charge is 0.414 e. The van der Waals surface area contributed by atoms with Crippen molar-refractivity contribution in [2.75, 3.05) is 13.2 Å². The second-order valence-electron chi connectivity index (χ2n) is 27.8. The number of ether oxygens (including phenoxy) is 6. The number of esters is 2. The molecule has 6 rings (SSSR count). The lowest BCUT2D eigenvalue weighted by Gasteiger charge is -2.34. The molecule has 544 valence electrons. The molecule has 0 spiro atoms. The Morgan fingerprint density at radius 1 is 0.343 bits per heavy atom. The van der Waals surface area contributed by atoms with Crippen LogP contribution in [-0.4, -0.2) is 66.3 Å². The minimum atomic E-state index is -4.43. The Morgan fingerprint density at radius 3 is 0.909 bits per heavy atom. The van der Waals surface area contributed by atoms with E-state index < -0.39 is 53.1 Å². The lowest BCUT2D eigenvalue weighted by Crippen LogP contribution is -2.44. The number of rotatable bonds is 50. The molecule has 0 radical (unpaired) electrons. The summed E-state index contributed by atoms with van der Waals surface area (Å²) in [6.45, 7) is 14.7. The first-order valence-electron chi connectivity index (χ1n) is 37.0. The number of hydrogen-bond donors (Lipinski definition) is 0. The van der Waals surface area contributed by atoms with Crippen LogP contribution in [0.5, 0.6) is 23.0 Å². The van der Waals surface area contributed by atoms with Gasteiger partial charge in [-0.05, 0) is 170 Å². The molecular formula is C82H112F6O9Si2. The van der Waals surface area contributed by atoms with E-state index in [-0.39, 0.29) is 26.1 Å². The highest BCUT2D eigenvalue weighted by molar-refractivity contribution is 6.84. The van der Waals surface area contributed by atoms with Gasteiger partial charge in [0.1, 0.15) is 23.0 Å². The zero-order valence-corrected chi connectivity index (χ0v) is 62.0. The Labute approximate surface area is 590 Å². The Kier molecular flexibility index (Phi) is 36.5. The average Bonchev–Trinajstić information content (AvgIpc) is 1.10. The van der Waals surface area contributed by atoms with Crippen molar-refractivity contribution in [3.05, 3.63) is 168 Å². The van der Waals surface area contributed by atoms with Gasteiger partial charge in [-0.3, -0.25) is 0 Å². The summed E-state index contributed by atoms with van der Waals surface area (Å²) in [4.78, 5) is 25.7. The third-order valence-corrected chi connectivity index (χ3v) is 25.6. The summed E-state index contributed by atoms with van der Waals surface area (Å²) < 4.78 is 122. The van der Waals surface area contributed by atoms with E-state index >= 15 is 0 Å². The Balaban J connectivity index is 0.706. The van der Waals surface area contributed by atoms with E-state index in [1.54, 1.807) is 72.8 Å². The van der Waals surface area contributed by atoms with Gasteiger partial charge in [0.15, 0.2) is 28.8 Å². The van der Waals surface area contributed by atoms with Crippen molar-refractivity contribution < 1.29 is 68.5 Å². The molecule has 0 aromatic heterocycles. The molecule has 0 bridgehead atoms. The minimum Gasteiger partial charge on any atom is -0.494 e. The lowest BCUT2D eigenvalue weighted by molar-refractivity contribution is -0.226. The fraction of sp³-hybridized carbons (Fsp3) is 0.537. The average molecular weight is 1410 g/mol. The van der Waals surface area contributed by atoms with Gasteiger partial charge < -0.3 is 32.5 Å². The van der Waals surface area contributed by atoms with Crippen LogP contribution in [0.25, 0.3) is 22.3 Å². The Hall–Kier alpha value is -6.25. The summed E-state index contributed by atoms with van der Waals surface area (Å²) in [7, 11) is -3.37. The van der Waals surface area contributed by atoms with Gasteiger partial charge in [-0.2, -0.15) is 26.3 Å². The fourth-order valence-corrected chi connectivity index (χ4v) is 21.3. The molecule has 0 fully saturated rings. The number of carbonyl (C=O) groups is 2. The van der Waals surface area contributed by atoms with E-state index in [0.717, 1.165) is 98.0 Å². The van der Waals surface area contributed by atoms with Crippen LogP contribution in [0.1, 0.15) is 225 Å². The van der Waals surface area contributed by atoms with Gasteiger partial charge >= 0.3 is 24.3 Å². The second-order valence-corrected chi connectivity index (χ2v) is 36.7. The summed E-state index contributed by atoms with van der Waals surface area (Å²) in [6.07, 6.45) is 15.8. The normalized spacial score (nSPS) is 12.7. The molecule has 2 atom stereocenters. The summed E-state index contributed by atoms with van der Waals surface area (Å²) in [5.41, 5.74) is 5.65. The van der Waals surface area contributed by atoms with Gasteiger partial charge in [-0.15, -0.1) is 0 Å². The van der Waals surface area contributed by atoms with Crippen LogP contribution in [0.2, 0.25) is 38.3 Å². The van der Waals surface area contributed by atoms with Crippen molar-refractivity contribution >= 4 is 28.6 Å². The molecule has 99 heavy (non-hydrogen) atoms. The number of unbranched alkanes of at least 4 members (excludes halogenated alkanes) is 22. The highest BCUT2D eigenvalue weighted by Crippen LogP contribution is 2.33. The highest BCUT2D eigenvalue weighted by Gasteiger charge is 2.41. The van der Waals surface area contributed by atoms with Crippen LogP contribution in [-0.2, 0) is 26.8 Å². The van der Waals surface area contributed by atoms with Crippen LogP contribution in [0.15, 0.2) is 146 Å². The molecule has 6 aromatic rings. The van der Waals surface area contributed by atoms with Gasteiger partial charge in [0.25, 0.3) is 0 Å². The van der Waals surface area contributed by atoms with Gasteiger partial charge in [-0.1, -0.05) is 241 Å². The standard InChI is InChI=1S/C82H112F6O9Si2/c1-7-9-11-27-33-77(81(83,84)85)93-63-65-35-39-71(40-36-65)79(89)95-75-55-47-69(48-56-75)67-43-51-73(52-44-67)91-59-29-23-19-15-13-17-21-25-31-61-98(3,4)97-99(5,6)62-32-26-22-18-14-16-20-24-30-60-92-74-53-45-68(46-54-74)70-49-57-76(58-50-70)96-80(90)72-41-37-66(38-42-72)64-94-78(82(86,87)88)34-28-12-10-8-2/h35-58,77-78H,7-34,59-64H2,1-6H3. The first-order valence-corrected chi connectivity index (χ1v) is 43.2.